The Kier molecular flexibility index (Phi) is 9.98. The largest absolute Gasteiger partial charge is 0.508 e. The van der Waals surface area contributed by atoms with Crippen molar-refractivity contribution in [3.8, 4) is 0 Å². The Morgan fingerprint density at radius 1 is 0.972 bits per heavy atom. The highest BCUT2D eigenvalue weighted by atomic mass is 16.7. The zero-order chi connectivity index (χ0) is 25.5. The number of allylic oxidation sites excluding steroid dienone is 1. The van der Waals surface area contributed by atoms with Gasteiger partial charge in [0.2, 0.25) is 0 Å². The molecule has 3 fully saturated rings. The zero-order valence-electron chi connectivity index (χ0n) is 23.4. The number of ketones is 1. The molecular formula is C32H52O4. The predicted octanol–water partition coefficient (Wildman–Crippen LogP) is 8.82. The molecule has 0 amide bonds. The predicted molar refractivity (Wildman–Crippen MR) is 145 cm³/mol. The molecule has 0 bridgehead atoms. The Labute approximate surface area is 220 Å². The van der Waals surface area contributed by atoms with E-state index in [1.165, 1.54) is 63.4 Å². The number of carbonyl (C=O) groups is 2. The summed E-state index contributed by atoms with van der Waals surface area (Å²) in [7, 11) is 0. The third-order valence-electron chi connectivity index (χ3n) is 10.5. The highest BCUT2D eigenvalue weighted by Gasteiger charge is 2.59. The second kappa shape index (κ2) is 13.0. The van der Waals surface area contributed by atoms with Crippen LogP contribution >= 0.6 is 0 Å². The van der Waals surface area contributed by atoms with E-state index in [9.17, 15) is 9.59 Å². The molecule has 0 aromatic rings. The summed E-state index contributed by atoms with van der Waals surface area (Å²) in [5, 5.41) is 0. The van der Waals surface area contributed by atoms with Gasteiger partial charge in [0, 0.05) is 11.8 Å². The second-order valence-electron chi connectivity index (χ2n) is 12.9. The van der Waals surface area contributed by atoms with Crippen LogP contribution in [0.25, 0.3) is 0 Å². The van der Waals surface area contributed by atoms with Gasteiger partial charge in [0.1, 0.15) is 6.10 Å². The molecule has 0 spiro atoms. The first-order valence-corrected chi connectivity index (χ1v) is 15.5. The van der Waals surface area contributed by atoms with Crippen LogP contribution in [0.5, 0.6) is 0 Å². The summed E-state index contributed by atoms with van der Waals surface area (Å²) in [6.07, 6.45) is 21.6. The number of fused-ring (bicyclic) bond motifs is 5. The third kappa shape index (κ3) is 6.38. The molecule has 4 nitrogen and oxygen atoms in total. The lowest BCUT2D eigenvalue weighted by atomic mass is 9.49. The molecule has 3 saturated carbocycles. The van der Waals surface area contributed by atoms with Crippen LogP contribution in [0.3, 0.4) is 0 Å². The first kappa shape index (κ1) is 27.7. The number of hydrogen-bond acceptors (Lipinski definition) is 4. The fraction of sp³-hybridized carbons (Fsp3) is 0.875. The third-order valence-corrected chi connectivity index (χ3v) is 10.5. The molecule has 0 radical (unpaired) electrons. The van der Waals surface area contributed by atoms with Crippen molar-refractivity contribution < 1.29 is 19.1 Å². The molecule has 4 heteroatoms. The SMILES string of the molecule is CCCCCCCCCCCCOC(=O)O[C@H]1CCC2C3C(CC[C@@]21C)C1CCC(=O)C=C1C[C@@H]3C. The quantitative estimate of drug-likeness (QED) is 0.198. The standard InChI is InChI=1S/C32H52O4/c1-4-5-6-7-8-9-10-11-12-13-20-35-31(34)36-29-17-16-28-30-23(2)21-24-22-25(33)14-15-26(24)27(30)18-19-32(28,29)3/h22-23,26-30H,4-21H2,1-3H3/t23-,26?,27?,28?,29-,30?,32-/m0/s1. The van der Waals surface area contributed by atoms with Crippen LogP contribution in [0, 0.1) is 35.0 Å². The van der Waals surface area contributed by atoms with Crippen molar-refractivity contribution in [3.63, 3.8) is 0 Å². The molecule has 0 aromatic carbocycles. The molecule has 4 aliphatic rings. The Morgan fingerprint density at radius 3 is 2.39 bits per heavy atom. The van der Waals surface area contributed by atoms with Gasteiger partial charge in [-0.25, -0.2) is 4.79 Å². The Balaban J connectivity index is 1.18. The monoisotopic (exact) mass is 500 g/mol. The highest BCUT2D eigenvalue weighted by molar-refractivity contribution is 5.91. The van der Waals surface area contributed by atoms with E-state index in [0.717, 1.165) is 51.4 Å². The van der Waals surface area contributed by atoms with Gasteiger partial charge in [-0.05, 0) is 80.6 Å². The molecule has 0 N–H and O–H groups in total. The molecule has 0 saturated heterocycles. The fourth-order valence-corrected chi connectivity index (χ4v) is 8.63. The molecule has 204 valence electrons. The Morgan fingerprint density at radius 2 is 1.67 bits per heavy atom. The minimum absolute atomic E-state index is 0.0132. The molecule has 0 heterocycles. The fourth-order valence-electron chi connectivity index (χ4n) is 8.63. The Hall–Kier alpha value is -1.32. The number of ether oxygens (including phenoxy) is 2. The maximum Gasteiger partial charge on any atom is 0.508 e. The van der Waals surface area contributed by atoms with Gasteiger partial charge >= 0.3 is 6.16 Å². The van der Waals surface area contributed by atoms with Crippen LogP contribution in [0.15, 0.2) is 11.6 Å². The molecule has 4 rings (SSSR count). The highest BCUT2D eigenvalue weighted by Crippen LogP contribution is 2.63. The number of hydrogen-bond donors (Lipinski definition) is 0. The molecular weight excluding hydrogens is 448 g/mol. The van der Waals surface area contributed by atoms with E-state index in [1.807, 2.05) is 6.08 Å². The van der Waals surface area contributed by atoms with Crippen molar-refractivity contribution in [2.24, 2.45) is 35.0 Å². The lowest BCUT2D eigenvalue weighted by molar-refractivity contribution is -0.116. The number of rotatable bonds is 12. The van der Waals surface area contributed by atoms with Gasteiger partial charge < -0.3 is 9.47 Å². The molecule has 0 aromatic heterocycles. The van der Waals surface area contributed by atoms with E-state index in [-0.39, 0.29) is 11.5 Å². The summed E-state index contributed by atoms with van der Waals surface area (Å²) in [6, 6.07) is 0. The van der Waals surface area contributed by atoms with E-state index < -0.39 is 6.16 Å². The average molecular weight is 501 g/mol. The summed E-state index contributed by atoms with van der Waals surface area (Å²) in [5.74, 6) is 3.56. The normalized spacial score (nSPS) is 35.4. The molecule has 0 aliphatic heterocycles. The van der Waals surface area contributed by atoms with Crippen molar-refractivity contribution in [2.75, 3.05) is 6.61 Å². The first-order chi connectivity index (χ1) is 17.4. The first-order valence-electron chi connectivity index (χ1n) is 15.5. The van der Waals surface area contributed by atoms with Crippen LogP contribution in [-0.2, 0) is 14.3 Å². The van der Waals surface area contributed by atoms with E-state index in [4.69, 9.17) is 9.47 Å². The maximum atomic E-state index is 12.6. The van der Waals surface area contributed by atoms with Gasteiger partial charge in [0.25, 0.3) is 0 Å². The van der Waals surface area contributed by atoms with Crippen molar-refractivity contribution in [3.05, 3.63) is 11.6 Å². The van der Waals surface area contributed by atoms with Crippen LogP contribution in [0.2, 0.25) is 0 Å². The van der Waals surface area contributed by atoms with Gasteiger partial charge in [-0.2, -0.15) is 0 Å². The van der Waals surface area contributed by atoms with Gasteiger partial charge in [-0.3, -0.25) is 4.79 Å². The van der Waals surface area contributed by atoms with Crippen molar-refractivity contribution in [1.82, 2.24) is 0 Å². The summed E-state index contributed by atoms with van der Waals surface area (Å²) in [5.41, 5.74) is 1.50. The minimum atomic E-state index is -0.451. The molecule has 36 heavy (non-hydrogen) atoms. The maximum absolute atomic E-state index is 12.6. The summed E-state index contributed by atoms with van der Waals surface area (Å²) < 4.78 is 11.5. The molecule has 4 unspecified atom stereocenters. The van der Waals surface area contributed by atoms with Crippen molar-refractivity contribution in [2.45, 2.75) is 136 Å². The topological polar surface area (TPSA) is 52.6 Å². The van der Waals surface area contributed by atoms with E-state index in [2.05, 4.69) is 20.8 Å². The van der Waals surface area contributed by atoms with Crippen molar-refractivity contribution in [1.29, 1.82) is 0 Å². The van der Waals surface area contributed by atoms with E-state index >= 15 is 0 Å². The van der Waals surface area contributed by atoms with E-state index in [0.29, 0.717) is 42.0 Å². The summed E-state index contributed by atoms with van der Waals surface area (Å²) in [6.45, 7) is 7.52. The van der Waals surface area contributed by atoms with Crippen LogP contribution in [-0.4, -0.2) is 24.6 Å². The minimum Gasteiger partial charge on any atom is -0.434 e. The van der Waals surface area contributed by atoms with Gasteiger partial charge in [0.05, 0.1) is 6.61 Å². The zero-order valence-corrected chi connectivity index (χ0v) is 23.4. The van der Waals surface area contributed by atoms with Crippen LogP contribution in [0.4, 0.5) is 4.79 Å². The van der Waals surface area contributed by atoms with E-state index in [1.54, 1.807) is 0 Å². The number of carbonyl (C=O) groups excluding carboxylic acids is 2. The van der Waals surface area contributed by atoms with Crippen LogP contribution in [0.1, 0.15) is 130 Å². The summed E-state index contributed by atoms with van der Waals surface area (Å²) >= 11 is 0. The van der Waals surface area contributed by atoms with Crippen molar-refractivity contribution >= 4 is 11.9 Å². The van der Waals surface area contributed by atoms with Gasteiger partial charge in [-0.15, -0.1) is 0 Å². The molecule has 7 atom stereocenters. The average Bonchev–Trinajstić information content (AvgIpc) is 3.18. The smallest absolute Gasteiger partial charge is 0.434 e. The summed E-state index contributed by atoms with van der Waals surface area (Å²) in [4.78, 5) is 24.6. The lowest BCUT2D eigenvalue weighted by Crippen LogP contribution is -2.50. The van der Waals surface area contributed by atoms with Gasteiger partial charge in [0.15, 0.2) is 5.78 Å². The number of unbranched alkanes of at least 4 members (excludes halogenated alkanes) is 9. The van der Waals surface area contributed by atoms with Gasteiger partial charge in [-0.1, -0.05) is 84.1 Å². The van der Waals surface area contributed by atoms with Crippen LogP contribution < -0.4 is 0 Å². The molecule has 4 aliphatic carbocycles. The second-order valence-corrected chi connectivity index (χ2v) is 12.9. The lowest BCUT2D eigenvalue weighted by Gasteiger charge is -2.55. The Bertz CT molecular complexity index is 772.